The van der Waals surface area contributed by atoms with Crippen molar-refractivity contribution in [2.75, 3.05) is 5.88 Å². The Hall–Kier alpha value is -0.470. The number of benzene rings is 1. The van der Waals surface area contributed by atoms with Crippen LogP contribution < -0.4 is 0 Å². The summed E-state index contributed by atoms with van der Waals surface area (Å²) in [6.07, 6.45) is 0. The standard InChI is InChI=1S/C12H17ClO3P/c1-9-4-6-11(7-5-9)12(3,14)16-17(15)10(2)8-13/h4-7,10,14H,8H2,1-3H3/q+1. The molecule has 3 atom stereocenters. The molecule has 1 rings (SSSR count). The molecule has 0 heterocycles. The first-order valence-electron chi connectivity index (χ1n) is 5.38. The second-order valence-corrected chi connectivity index (χ2v) is 6.17. The molecule has 1 aromatic carbocycles. The summed E-state index contributed by atoms with van der Waals surface area (Å²) in [6.45, 7) is 5.15. The van der Waals surface area contributed by atoms with E-state index in [9.17, 15) is 9.67 Å². The maximum atomic E-state index is 11.7. The lowest BCUT2D eigenvalue weighted by Gasteiger charge is -2.17. The monoisotopic (exact) mass is 275 g/mol. The fourth-order valence-electron chi connectivity index (χ4n) is 1.24. The number of aliphatic hydroxyl groups is 1. The molecule has 1 N–H and O–H groups in total. The molecule has 3 nitrogen and oxygen atoms in total. The van der Waals surface area contributed by atoms with E-state index >= 15 is 0 Å². The summed E-state index contributed by atoms with van der Waals surface area (Å²) in [5, 5.41) is 10.1. The van der Waals surface area contributed by atoms with Gasteiger partial charge in [0.2, 0.25) is 5.79 Å². The number of aryl methyl sites for hydroxylation is 1. The molecule has 0 aliphatic rings. The molecule has 1 aromatic rings. The van der Waals surface area contributed by atoms with Crippen LogP contribution in [-0.4, -0.2) is 16.6 Å². The molecular formula is C12H17ClO3P+. The second kappa shape index (κ2) is 5.92. The van der Waals surface area contributed by atoms with Crippen LogP contribution >= 0.6 is 19.6 Å². The molecule has 94 valence electrons. The van der Waals surface area contributed by atoms with Crippen molar-refractivity contribution in [3.8, 4) is 0 Å². The van der Waals surface area contributed by atoms with Crippen LogP contribution in [0, 0.1) is 6.92 Å². The van der Waals surface area contributed by atoms with Gasteiger partial charge in [-0.2, -0.15) is 0 Å². The summed E-state index contributed by atoms with van der Waals surface area (Å²) in [5.74, 6) is -1.32. The molecule has 0 spiro atoms. The molecule has 5 heteroatoms. The van der Waals surface area contributed by atoms with Crippen LogP contribution in [0.4, 0.5) is 0 Å². The Kier molecular flexibility index (Phi) is 5.08. The van der Waals surface area contributed by atoms with Crippen LogP contribution in [0.25, 0.3) is 0 Å². The second-order valence-electron chi connectivity index (χ2n) is 4.23. The van der Waals surface area contributed by atoms with Crippen molar-refractivity contribution in [3.05, 3.63) is 35.4 Å². The highest BCUT2D eigenvalue weighted by molar-refractivity contribution is 7.40. The maximum Gasteiger partial charge on any atom is 0.515 e. The van der Waals surface area contributed by atoms with Crippen LogP contribution in [0.5, 0.6) is 0 Å². The summed E-state index contributed by atoms with van der Waals surface area (Å²) in [7, 11) is -1.99. The minimum absolute atomic E-state index is 0.235. The van der Waals surface area contributed by atoms with Gasteiger partial charge in [0.15, 0.2) is 5.66 Å². The zero-order valence-corrected chi connectivity index (χ0v) is 11.8. The predicted octanol–water partition coefficient (Wildman–Crippen LogP) is 3.55. The topological polar surface area (TPSA) is 46.5 Å². The summed E-state index contributed by atoms with van der Waals surface area (Å²) in [5.41, 5.74) is 1.37. The van der Waals surface area contributed by atoms with Crippen molar-refractivity contribution in [3.63, 3.8) is 0 Å². The zero-order valence-electron chi connectivity index (χ0n) is 10.2. The summed E-state index contributed by atoms with van der Waals surface area (Å²) < 4.78 is 16.9. The molecule has 0 bridgehead atoms. The van der Waals surface area contributed by atoms with E-state index in [0.717, 1.165) is 5.56 Å². The van der Waals surface area contributed by atoms with E-state index in [1.807, 2.05) is 19.1 Å². The number of hydrogen-bond acceptors (Lipinski definition) is 3. The third kappa shape index (κ3) is 4.04. The molecule has 0 amide bonds. The van der Waals surface area contributed by atoms with Gasteiger partial charge in [-0.15, -0.1) is 16.1 Å². The van der Waals surface area contributed by atoms with E-state index in [4.69, 9.17) is 16.1 Å². The van der Waals surface area contributed by atoms with Crippen molar-refractivity contribution >= 4 is 19.6 Å². The van der Waals surface area contributed by atoms with Crippen molar-refractivity contribution < 1.29 is 14.2 Å². The molecule has 0 aliphatic heterocycles. The molecule has 0 saturated heterocycles. The van der Waals surface area contributed by atoms with Gasteiger partial charge < -0.3 is 5.11 Å². The Balaban J connectivity index is 2.81. The average molecular weight is 276 g/mol. The van der Waals surface area contributed by atoms with Gasteiger partial charge in [0, 0.05) is 5.56 Å². The van der Waals surface area contributed by atoms with Gasteiger partial charge in [-0.3, -0.25) is 0 Å². The first-order chi connectivity index (χ1) is 7.86. The van der Waals surface area contributed by atoms with E-state index in [1.165, 1.54) is 6.92 Å². The van der Waals surface area contributed by atoms with Crippen LogP contribution in [0.15, 0.2) is 24.3 Å². The van der Waals surface area contributed by atoms with E-state index in [0.29, 0.717) is 5.56 Å². The van der Waals surface area contributed by atoms with E-state index in [-0.39, 0.29) is 11.5 Å². The molecule has 0 aliphatic carbocycles. The molecule has 0 fully saturated rings. The van der Waals surface area contributed by atoms with Gasteiger partial charge in [0.1, 0.15) is 0 Å². The quantitative estimate of drug-likeness (QED) is 0.508. The lowest BCUT2D eigenvalue weighted by Crippen LogP contribution is -2.23. The van der Waals surface area contributed by atoms with Crippen LogP contribution in [0.3, 0.4) is 0 Å². The first-order valence-corrected chi connectivity index (χ1v) is 7.16. The van der Waals surface area contributed by atoms with Gasteiger partial charge in [0.25, 0.3) is 0 Å². The van der Waals surface area contributed by atoms with Gasteiger partial charge in [-0.25, -0.2) is 0 Å². The highest BCUT2D eigenvalue weighted by atomic mass is 35.5. The normalized spacial score (nSPS) is 17.4. The minimum atomic E-state index is -1.99. The van der Waals surface area contributed by atoms with Crippen LogP contribution in [-0.2, 0) is 14.9 Å². The Bertz CT molecular complexity index is 389. The third-order valence-corrected chi connectivity index (χ3v) is 4.55. The van der Waals surface area contributed by atoms with E-state index in [1.54, 1.807) is 19.1 Å². The van der Waals surface area contributed by atoms with Crippen molar-refractivity contribution in [1.29, 1.82) is 0 Å². The Morgan fingerprint density at radius 2 is 2.00 bits per heavy atom. The first kappa shape index (κ1) is 14.6. The molecule has 17 heavy (non-hydrogen) atoms. The van der Waals surface area contributed by atoms with Crippen molar-refractivity contribution in [2.24, 2.45) is 0 Å². The van der Waals surface area contributed by atoms with Crippen LogP contribution in [0.1, 0.15) is 25.0 Å². The lowest BCUT2D eigenvalue weighted by atomic mass is 10.1. The summed E-state index contributed by atoms with van der Waals surface area (Å²) in [4.78, 5) is 0. The molecule has 0 aromatic heterocycles. The fourth-order valence-corrected chi connectivity index (χ4v) is 2.32. The number of hydrogen-bond donors (Lipinski definition) is 1. The van der Waals surface area contributed by atoms with Gasteiger partial charge >= 0.3 is 8.03 Å². The number of alkyl halides is 1. The predicted molar refractivity (Wildman–Crippen MR) is 69.6 cm³/mol. The summed E-state index contributed by atoms with van der Waals surface area (Å²) >= 11 is 5.60. The van der Waals surface area contributed by atoms with Crippen LogP contribution in [0.2, 0.25) is 0 Å². The van der Waals surface area contributed by atoms with Gasteiger partial charge in [-0.1, -0.05) is 29.8 Å². The largest absolute Gasteiger partial charge is 0.515 e. The maximum absolute atomic E-state index is 11.7. The minimum Gasteiger partial charge on any atom is -0.359 e. The number of halogens is 1. The highest BCUT2D eigenvalue weighted by Crippen LogP contribution is 2.39. The third-order valence-electron chi connectivity index (χ3n) is 2.44. The number of rotatable bonds is 5. The fraction of sp³-hybridized carbons (Fsp3) is 0.500. The average Bonchev–Trinajstić information content (AvgIpc) is 2.27. The zero-order chi connectivity index (χ0) is 13.1. The Labute approximate surface area is 108 Å². The summed E-state index contributed by atoms with van der Waals surface area (Å²) in [6, 6.07) is 7.24. The molecule has 0 saturated carbocycles. The Morgan fingerprint density at radius 1 is 1.47 bits per heavy atom. The van der Waals surface area contributed by atoms with Crippen molar-refractivity contribution in [1.82, 2.24) is 0 Å². The van der Waals surface area contributed by atoms with Gasteiger partial charge in [-0.05, 0) is 25.3 Å². The van der Waals surface area contributed by atoms with E-state index in [2.05, 4.69) is 0 Å². The molecule has 3 unspecified atom stereocenters. The Morgan fingerprint density at radius 3 is 2.47 bits per heavy atom. The van der Waals surface area contributed by atoms with Gasteiger partial charge in [0.05, 0.1) is 5.88 Å². The lowest BCUT2D eigenvalue weighted by molar-refractivity contribution is -0.124. The molecule has 0 radical (unpaired) electrons. The highest BCUT2D eigenvalue weighted by Gasteiger charge is 2.39. The molecular weight excluding hydrogens is 259 g/mol. The van der Waals surface area contributed by atoms with Crippen molar-refractivity contribution in [2.45, 2.75) is 32.2 Å². The smallest absolute Gasteiger partial charge is 0.359 e. The SMILES string of the molecule is Cc1ccc(C(C)(O)O[P+](=O)C(C)CCl)cc1. The van der Waals surface area contributed by atoms with E-state index < -0.39 is 13.8 Å².